The first-order valence-electron chi connectivity index (χ1n) is 6.62. The van der Waals surface area contributed by atoms with Crippen LogP contribution >= 0.6 is 0 Å². The molecule has 2 aliphatic carbocycles. The molecule has 0 spiro atoms. The van der Waals surface area contributed by atoms with Gasteiger partial charge in [0.15, 0.2) is 0 Å². The third kappa shape index (κ3) is 1.83. The van der Waals surface area contributed by atoms with Crippen LogP contribution in [-0.4, -0.2) is 36.2 Å². The molecule has 0 aromatic carbocycles. The maximum atomic E-state index is 5.81. The lowest BCUT2D eigenvalue weighted by Crippen LogP contribution is -2.51. The van der Waals surface area contributed by atoms with Crippen LogP contribution in [0.15, 0.2) is 0 Å². The van der Waals surface area contributed by atoms with E-state index in [2.05, 4.69) is 18.7 Å². The molecule has 2 nitrogen and oxygen atoms in total. The second-order valence-electron chi connectivity index (χ2n) is 5.95. The Balaban J connectivity index is 1.66. The van der Waals surface area contributed by atoms with E-state index in [0.717, 1.165) is 31.0 Å². The zero-order valence-electron chi connectivity index (χ0n) is 9.98. The molecule has 1 aliphatic heterocycles. The molecule has 2 saturated carbocycles. The SMILES string of the molecule is CC1CN(C2CC3CCC2C3)CC(C)O1. The van der Waals surface area contributed by atoms with Gasteiger partial charge in [-0.1, -0.05) is 6.42 Å². The van der Waals surface area contributed by atoms with Gasteiger partial charge in [-0.2, -0.15) is 0 Å². The molecule has 0 radical (unpaired) electrons. The molecule has 5 atom stereocenters. The van der Waals surface area contributed by atoms with Crippen LogP contribution in [-0.2, 0) is 4.74 Å². The molecule has 1 saturated heterocycles. The normalized spacial score (nSPS) is 51.2. The molecule has 3 rings (SSSR count). The number of hydrogen-bond donors (Lipinski definition) is 0. The molecule has 2 heteroatoms. The molecule has 0 N–H and O–H groups in total. The average molecular weight is 209 g/mol. The van der Waals surface area contributed by atoms with Crippen LogP contribution < -0.4 is 0 Å². The van der Waals surface area contributed by atoms with Crippen LogP contribution in [0.3, 0.4) is 0 Å². The fraction of sp³-hybridized carbons (Fsp3) is 1.00. The highest BCUT2D eigenvalue weighted by atomic mass is 16.5. The summed E-state index contributed by atoms with van der Waals surface area (Å²) in [5, 5.41) is 0. The third-order valence-electron chi connectivity index (χ3n) is 4.62. The van der Waals surface area contributed by atoms with Crippen molar-refractivity contribution in [3.05, 3.63) is 0 Å². The van der Waals surface area contributed by atoms with Crippen molar-refractivity contribution in [2.45, 2.75) is 57.8 Å². The first-order chi connectivity index (χ1) is 7.22. The predicted molar refractivity (Wildman–Crippen MR) is 60.8 cm³/mol. The van der Waals surface area contributed by atoms with Crippen LogP contribution in [0, 0.1) is 11.8 Å². The van der Waals surface area contributed by atoms with E-state index in [9.17, 15) is 0 Å². The zero-order valence-corrected chi connectivity index (χ0v) is 9.98. The molecule has 5 unspecified atom stereocenters. The zero-order chi connectivity index (χ0) is 10.4. The Morgan fingerprint density at radius 2 is 1.73 bits per heavy atom. The molecule has 2 bridgehead atoms. The first-order valence-corrected chi connectivity index (χ1v) is 6.62. The molecule has 15 heavy (non-hydrogen) atoms. The van der Waals surface area contributed by atoms with Crippen LogP contribution in [0.1, 0.15) is 39.5 Å². The molecule has 0 amide bonds. The number of hydrogen-bond acceptors (Lipinski definition) is 2. The average Bonchev–Trinajstić information content (AvgIpc) is 2.76. The molecule has 0 aromatic rings. The minimum absolute atomic E-state index is 0.438. The molecular weight excluding hydrogens is 186 g/mol. The minimum atomic E-state index is 0.438. The lowest BCUT2D eigenvalue weighted by molar-refractivity contribution is -0.0862. The summed E-state index contributed by atoms with van der Waals surface area (Å²) in [6, 6.07) is 0.901. The third-order valence-corrected chi connectivity index (χ3v) is 4.62. The smallest absolute Gasteiger partial charge is 0.0678 e. The second kappa shape index (κ2) is 3.74. The summed E-state index contributed by atoms with van der Waals surface area (Å²) in [5.41, 5.74) is 0. The van der Waals surface area contributed by atoms with Crippen molar-refractivity contribution < 1.29 is 4.74 Å². The van der Waals surface area contributed by atoms with Crippen molar-refractivity contribution in [3.63, 3.8) is 0 Å². The Hall–Kier alpha value is -0.0800. The van der Waals surface area contributed by atoms with Crippen LogP contribution in [0.25, 0.3) is 0 Å². The number of morpholine rings is 1. The van der Waals surface area contributed by atoms with Crippen LogP contribution in [0.4, 0.5) is 0 Å². The van der Waals surface area contributed by atoms with Crippen molar-refractivity contribution >= 4 is 0 Å². The van der Waals surface area contributed by atoms with Crippen molar-refractivity contribution in [2.75, 3.05) is 13.1 Å². The van der Waals surface area contributed by atoms with Crippen molar-refractivity contribution in [1.29, 1.82) is 0 Å². The Labute approximate surface area is 93.0 Å². The highest BCUT2D eigenvalue weighted by Crippen LogP contribution is 2.47. The quantitative estimate of drug-likeness (QED) is 0.657. The molecular formula is C13H23NO. The van der Waals surface area contributed by atoms with Crippen molar-refractivity contribution in [2.24, 2.45) is 11.8 Å². The maximum Gasteiger partial charge on any atom is 0.0678 e. The van der Waals surface area contributed by atoms with Gasteiger partial charge in [0.25, 0.3) is 0 Å². The fourth-order valence-corrected chi connectivity index (χ4v) is 4.15. The first kappa shape index (κ1) is 10.1. The standard InChI is InChI=1S/C13H23NO/c1-9-7-14(8-10(2)15-9)13-6-11-3-4-12(13)5-11/h9-13H,3-8H2,1-2H3. The van der Waals surface area contributed by atoms with E-state index >= 15 is 0 Å². The van der Waals surface area contributed by atoms with Gasteiger partial charge in [-0.05, 0) is 44.9 Å². The fourth-order valence-electron chi connectivity index (χ4n) is 4.15. The Morgan fingerprint density at radius 1 is 1.00 bits per heavy atom. The summed E-state index contributed by atoms with van der Waals surface area (Å²) < 4.78 is 5.81. The number of rotatable bonds is 1. The molecule has 3 fully saturated rings. The van der Waals surface area contributed by atoms with Gasteiger partial charge in [-0.3, -0.25) is 4.90 Å². The summed E-state index contributed by atoms with van der Waals surface area (Å²) in [6.45, 7) is 6.77. The maximum absolute atomic E-state index is 5.81. The molecule has 1 heterocycles. The summed E-state index contributed by atoms with van der Waals surface area (Å²) >= 11 is 0. The summed E-state index contributed by atoms with van der Waals surface area (Å²) in [5.74, 6) is 2.08. The van der Waals surface area contributed by atoms with Crippen LogP contribution in [0.2, 0.25) is 0 Å². The van der Waals surface area contributed by atoms with E-state index in [-0.39, 0.29) is 0 Å². The van der Waals surface area contributed by atoms with E-state index in [1.165, 1.54) is 25.7 Å². The monoisotopic (exact) mass is 209 g/mol. The second-order valence-corrected chi connectivity index (χ2v) is 5.95. The van der Waals surface area contributed by atoms with Gasteiger partial charge < -0.3 is 4.74 Å². The van der Waals surface area contributed by atoms with Gasteiger partial charge in [-0.25, -0.2) is 0 Å². The number of ether oxygens (including phenoxy) is 1. The topological polar surface area (TPSA) is 12.5 Å². The highest BCUT2D eigenvalue weighted by molar-refractivity contribution is 4.96. The lowest BCUT2D eigenvalue weighted by Gasteiger charge is -2.41. The molecule has 3 aliphatic rings. The van der Waals surface area contributed by atoms with Crippen LogP contribution in [0.5, 0.6) is 0 Å². The van der Waals surface area contributed by atoms with Gasteiger partial charge in [0, 0.05) is 19.1 Å². The van der Waals surface area contributed by atoms with E-state index < -0.39 is 0 Å². The number of fused-ring (bicyclic) bond motifs is 2. The van der Waals surface area contributed by atoms with Crippen molar-refractivity contribution in [1.82, 2.24) is 4.90 Å². The summed E-state index contributed by atoms with van der Waals surface area (Å²) in [7, 11) is 0. The van der Waals surface area contributed by atoms with E-state index in [4.69, 9.17) is 4.74 Å². The van der Waals surface area contributed by atoms with E-state index in [1.807, 2.05) is 0 Å². The molecule has 0 aromatic heterocycles. The van der Waals surface area contributed by atoms with E-state index in [0.29, 0.717) is 12.2 Å². The van der Waals surface area contributed by atoms with Gasteiger partial charge >= 0.3 is 0 Å². The van der Waals surface area contributed by atoms with Gasteiger partial charge in [0.05, 0.1) is 12.2 Å². The van der Waals surface area contributed by atoms with Gasteiger partial charge in [-0.15, -0.1) is 0 Å². The highest BCUT2D eigenvalue weighted by Gasteiger charge is 2.43. The Bertz CT molecular complexity index is 233. The number of nitrogens with zero attached hydrogens (tertiary/aromatic N) is 1. The lowest BCUT2D eigenvalue weighted by atomic mass is 9.93. The van der Waals surface area contributed by atoms with Gasteiger partial charge in [0.1, 0.15) is 0 Å². The predicted octanol–water partition coefficient (Wildman–Crippen LogP) is 2.28. The largest absolute Gasteiger partial charge is 0.373 e. The summed E-state index contributed by atoms with van der Waals surface area (Å²) in [6.07, 6.45) is 6.88. The van der Waals surface area contributed by atoms with Gasteiger partial charge in [0.2, 0.25) is 0 Å². The summed E-state index contributed by atoms with van der Waals surface area (Å²) in [4.78, 5) is 2.72. The minimum Gasteiger partial charge on any atom is -0.373 e. The Kier molecular flexibility index (Phi) is 2.52. The van der Waals surface area contributed by atoms with Crippen molar-refractivity contribution in [3.8, 4) is 0 Å². The molecule has 86 valence electrons. The Morgan fingerprint density at radius 3 is 2.27 bits per heavy atom. The van der Waals surface area contributed by atoms with E-state index in [1.54, 1.807) is 0 Å².